The quantitative estimate of drug-likeness (QED) is 0.218. The van der Waals surface area contributed by atoms with Gasteiger partial charge in [-0.05, 0) is 50.3 Å². The lowest BCUT2D eigenvalue weighted by atomic mass is 9.66. The van der Waals surface area contributed by atoms with Crippen LogP contribution in [0.2, 0.25) is 0 Å². The van der Waals surface area contributed by atoms with Gasteiger partial charge in [-0.15, -0.1) is 0 Å². The summed E-state index contributed by atoms with van der Waals surface area (Å²) in [7, 11) is 1.52. The summed E-state index contributed by atoms with van der Waals surface area (Å²) in [5.41, 5.74) is -0.250. The molecule has 30 heavy (non-hydrogen) atoms. The fourth-order valence-electron chi connectivity index (χ4n) is 4.67. The molecule has 168 valence electrons. The Morgan fingerprint density at radius 2 is 1.83 bits per heavy atom. The van der Waals surface area contributed by atoms with E-state index in [-0.39, 0.29) is 18.4 Å². The van der Waals surface area contributed by atoms with Crippen LogP contribution in [0.15, 0.2) is 23.8 Å². The Kier molecular flexibility index (Phi) is 6.21. The van der Waals surface area contributed by atoms with E-state index in [9.17, 15) is 30.6 Å². The zero-order chi connectivity index (χ0) is 22.3. The van der Waals surface area contributed by atoms with Crippen molar-refractivity contribution in [2.75, 3.05) is 7.11 Å². The molecule has 0 radical (unpaired) electrons. The Bertz CT molecular complexity index is 805. The maximum Gasteiger partial charge on any atom is 0.317 e. The van der Waals surface area contributed by atoms with Crippen LogP contribution in [-0.2, 0) is 6.42 Å². The molecule has 0 spiro atoms. The largest absolute Gasteiger partial charge is 0.496 e. The fraction of sp³-hybridized carbons (Fsp3) is 0.636. The monoisotopic (exact) mass is 424 g/mol. The summed E-state index contributed by atoms with van der Waals surface area (Å²) < 4.78 is 11.6. The van der Waals surface area contributed by atoms with Gasteiger partial charge in [-0.25, -0.2) is 0 Å². The van der Waals surface area contributed by atoms with Gasteiger partial charge in [0.2, 0.25) is 0 Å². The number of hydrogen-bond acceptors (Lipinski definition) is 8. The molecule has 0 saturated heterocycles. The van der Waals surface area contributed by atoms with Crippen molar-refractivity contribution in [3.8, 4) is 11.5 Å². The van der Waals surface area contributed by atoms with Crippen LogP contribution < -0.4 is 9.47 Å². The third-order valence-corrected chi connectivity index (χ3v) is 6.45. The number of allylic oxidation sites excluding steroid dienone is 1. The number of methoxy groups -OCH3 is 1. The number of fused-ring (bicyclic) bond motifs is 3. The average molecular weight is 424 g/mol. The van der Waals surface area contributed by atoms with Crippen molar-refractivity contribution in [2.45, 2.75) is 75.8 Å². The van der Waals surface area contributed by atoms with Gasteiger partial charge in [0.15, 0.2) is 5.60 Å². The second kappa shape index (κ2) is 8.11. The lowest BCUT2D eigenvalue weighted by Crippen LogP contribution is -2.63. The van der Waals surface area contributed by atoms with Crippen molar-refractivity contribution in [1.82, 2.24) is 0 Å². The van der Waals surface area contributed by atoms with Gasteiger partial charge >= 0.3 is 5.97 Å². The first-order valence-electron chi connectivity index (χ1n) is 10.4. The van der Waals surface area contributed by atoms with Crippen LogP contribution in [0.4, 0.5) is 0 Å². The molecule has 0 fully saturated rings. The molecule has 6 N–H and O–H groups in total. The van der Waals surface area contributed by atoms with Gasteiger partial charge in [-0.2, -0.15) is 0 Å². The minimum atomic E-state index is -3.14. The lowest BCUT2D eigenvalue weighted by Gasteiger charge is -2.51. The molecule has 0 amide bonds. The van der Waals surface area contributed by atoms with Crippen molar-refractivity contribution in [2.24, 2.45) is 5.92 Å². The molecule has 2 aliphatic rings. The first kappa shape index (κ1) is 23.0. The van der Waals surface area contributed by atoms with Crippen LogP contribution in [0.1, 0.15) is 63.0 Å². The van der Waals surface area contributed by atoms with E-state index in [1.165, 1.54) is 20.1 Å². The van der Waals surface area contributed by atoms with Crippen molar-refractivity contribution in [1.29, 1.82) is 0 Å². The second-order valence-electron chi connectivity index (χ2n) is 8.51. The lowest BCUT2D eigenvalue weighted by molar-refractivity contribution is -0.394. The van der Waals surface area contributed by atoms with Gasteiger partial charge in [0.25, 0.3) is 5.97 Å². The molecule has 8 nitrogen and oxygen atoms in total. The molecular formula is C22H32O8. The topological polar surface area (TPSA) is 140 Å². The predicted octanol–water partition coefficient (Wildman–Crippen LogP) is 1.26. The Morgan fingerprint density at radius 3 is 2.40 bits per heavy atom. The number of aliphatic hydroxyl groups is 6. The van der Waals surface area contributed by atoms with Gasteiger partial charge in [0, 0.05) is 23.0 Å². The summed E-state index contributed by atoms with van der Waals surface area (Å²) in [6.45, 7) is 3.52. The van der Waals surface area contributed by atoms with Crippen LogP contribution in [0.25, 0.3) is 0 Å². The molecule has 0 aromatic heterocycles. The number of unbranched alkanes of at least 4 members (excludes halogenated alkanes) is 2. The summed E-state index contributed by atoms with van der Waals surface area (Å²) in [4.78, 5) is 0. The molecule has 0 bridgehead atoms. The zero-order valence-electron chi connectivity index (χ0n) is 17.6. The average Bonchev–Trinajstić information content (AvgIpc) is 2.65. The molecule has 3 unspecified atom stereocenters. The van der Waals surface area contributed by atoms with E-state index < -0.39 is 29.4 Å². The van der Waals surface area contributed by atoms with Crippen molar-refractivity contribution in [3.05, 3.63) is 34.9 Å². The smallest absolute Gasteiger partial charge is 0.317 e. The molecule has 1 aliphatic carbocycles. The SMILES string of the molecule is CCCCCc1cc(OC)c2c(c1)OC(C)(C(O)(O)O)C1CCC(C(O)(O)O)=CC21. The highest BCUT2D eigenvalue weighted by Crippen LogP contribution is 2.56. The first-order chi connectivity index (χ1) is 13.9. The summed E-state index contributed by atoms with van der Waals surface area (Å²) in [5, 5.41) is 59.5. The first-order valence-corrected chi connectivity index (χ1v) is 10.4. The predicted molar refractivity (Wildman–Crippen MR) is 108 cm³/mol. The van der Waals surface area contributed by atoms with E-state index in [4.69, 9.17) is 9.47 Å². The minimum absolute atomic E-state index is 0.00700. The van der Waals surface area contributed by atoms with E-state index in [0.29, 0.717) is 17.1 Å². The minimum Gasteiger partial charge on any atom is -0.496 e. The van der Waals surface area contributed by atoms with Crippen LogP contribution in [0, 0.1) is 5.92 Å². The summed E-state index contributed by atoms with van der Waals surface area (Å²) in [6, 6.07) is 3.69. The third kappa shape index (κ3) is 4.08. The van der Waals surface area contributed by atoms with Crippen LogP contribution >= 0.6 is 0 Å². The molecular weight excluding hydrogens is 392 g/mol. The van der Waals surface area contributed by atoms with Gasteiger partial charge in [0.05, 0.1) is 7.11 Å². The second-order valence-corrected chi connectivity index (χ2v) is 8.51. The van der Waals surface area contributed by atoms with Crippen LogP contribution in [-0.4, -0.2) is 55.3 Å². The Balaban J connectivity index is 2.16. The maximum absolute atomic E-state index is 10.1. The van der Waals surface area contributed by atoms with Gasteiger partial charge in [0.1, 0.15) is 11.5 Å². The van der Waals surface area contributed by atoms with Crippen molar-refractivity contribution in [3.63, 3.8) is 0 Å². The molecule has 1 heterocycles. The number of aryl methyl sites for hydroxylation is 1. The molecule has 0 saturated carbocycles. The number of hydrogen-bond donors (Lipinski definition) is 6. The Labute approximate surface area is 176 Å². The highest BCUT2D eigenvalue weighted by atomic mass is 16.7. The van der Waals surface area contributed by atoms with E-state index in [0.717, 1.165) is 31.2 Å². The highest BCUT2D eigenvalue weighted by Gasteiger charge is 2.59. The highest BCUT2D eigenvalue weighted by molar-refractivity contribution is 5.55. The van der Waals surface area contributed by atoms with Crippen molar-refractivity contribution >= 4 is 0 Å². The van der Waals surface area contributed by atoms with Gasteiger partial charge < -0.3 is 40.1 Å². The Morgan fingerprint density at radius 1 is 1.13 bits per heavy atom. The number of ether oxygens (including phenoxy) is 2. The van der Waals surface area contributed by atoms with Crippen molar-refractivity contribution < 1.29 is 40.1 Å². The molecule has 1 aromatic rings. The standard InChI is InChI=1S/C22H32O8/c1-4-5-6-7-13-10-17(29-3)19-15-12-14(21(23,24)25)8-9-16(15)20(2,22(26,27)28)30-18(19)11-13/h10-12,15-16,23-28H,4-9H2,1-3H3. The summed E-state index contributed by atoms with van der Waals surface area (Å²) in [6.07, 6.45) is 5.65. The molecule has 3 atom stereocenters. The number of benzene rings is 1. The van der Waals surface area contributed by atoms with E-state index in [1.807, 2.05) is 6.07 Å². The molecule has 3 rings (SSSR count). The molecule has 1 aliphatic heterocycles. The maximum atomic E-state index is 10.1. The van der Waals surface area contributed by atoms with E-state index >= 15 is 0 Å². The summed E-state index contributed by atoms with van der Waals surface area (Å²) in [5.74, 6) is -6.52. The van der Waals surface area contributed by atoms with Gasteiger partial charge in [-0.1, -0.05) is 25.8 Å². The van der Waals surface area contributed by atoms with Gasteiger partial charge in [-0.3, -0.25) is 0 Å². The molecule has 8 heteroatoms. The summed E-state index contributed by atoms with van der Waals surface area (Å²) >= 11 is 0. The number of rotatable bonds is 7. The molecule has 1 aromatic carbocycles. The zero-order valence-corrected chi connectivity index (χ0v) is 17.6. The van der Waals surface area contributed by atoms with Crippen LogP contribution in [0.5, 0.6) is 11.5 Å². The normalized spacial score (nSPS) is 26.4. The third-order valence-electron chi connectivity index (χ3n) is 6.45. The van der Waals surface area contributed by atoms with E-state index in [1.54, 1.807) is 6.07 Å². The van der Waals surface area contributed by atoms with Crippen LogP contribution in [0.3, 0.4) is 0 Å². The van der Waals surface area contributed by atoms with E-state index in [2.05, 4.69) is 6.92 Å². The Hall–Kier alpha value is -1.68. The fourth-order valence-corrected chi connectivity index (χ4v) is 4.67.